The van der Waals surface area contributed by atoms with Gasteiger partial charge in [0.1, 0.15) is 17.2 Å². The predicted molar refractivity (Wildman–Crippen MR) is 104 cm³/mol. The van der Waals surface area contributed by atoms with Crippen LogP contribution in [0.1, 0.15) is 29.7 Å². The molecule has 4 rings (SSSR count). The third-order valence-corrected chi connectivity index (χ3v) is 6.90. The van der Waals surface area contributed by atoms with E-state index < -0.39 is 26.9 Å². The van der Waals surface area contributed by atoms with E-state index in [2.05, 4.69) is 14.9 Å². The highest BCUT2D eigenvalue weighted by Crippen LogP contribution is 2.33. The SMILES string of the molecule is Cc1onc2c(F)c(Cc3ccc(I)cc3F)c(NS(=O)(=O)C3CC3)nc12. The molecule has 0 radical (unpaired) electrons. The zero-order chi connectivity index (χ0) is 19.3. The number of aryl methyl sites for hydroxylation is 1. The number of rotatable bonds is 5. The minimum atomic E-state index is -3.68. The van der Waals surface area contributed by atoms with E-state index in [1.807, 2.05) is 22.6 Å². The third kappa shape index (κ3) is 3.51. The molecule has 2 heterocycles. The van der Waals surface area contributed by atoms with Crippen LogP contribution in [-0.2, 0) is 16.4 Å². The first-order valence-corrected chi connectivity index (χ1v) is 10.8. The minimum Gasteiger partial charge on any atom is -0.359 e. The molecule has 142 valence electrons. The molecule has 1 aliphatic carbocycles. The Kier molecular flexibility index (Phi) is 4.57. The number of hydrogen-bond donors (Lipinski definition) is 1. The Bertz CT molecular complexity index is 1160. The summed E-state index contributed by atoms with van der Waals surface area (Å²) < 4.78 is 62.2. The van der Waals surface area contributed by atoms with Crippen LogP contribution < -0.4 is 4.72 Å². The summed E-state index contributed by atoms with van der Waals surface area (Å²) in [6.45, 7) is 1.55. The number of nitrogens with one attached hydrogen (secondary N) is 1. The first-order chi connectivity index (χ1) is 12.8. The molecule has 1 fully saturated rings. The van der Waals surface area contributed by atoms with Crippen molar-refractivity contribution in [1.82, 2.24) is 10.1 Å². The lowest BCUT2D eigenvalue weighted by molar-refractivity contribution is 0.403. The zero-order valence-corrected chi connectivity index (χ0v) is 17.1. The summed E-state index contributed by atoms with van der Waals surface area (Å²) in [5.41, 5.74) is 0.179. The van der Waals surface area contributed by atoms with Crippen molar-refractivity contribution in [3.63, 3.8) is 0 Å². The lowest BCUT2D eigenvalue weighted by atomic mass is 10.0. The summed E-state index contributed by atoms with van der Waals surface area (Å²) in [7, 11) is -3.68. The molecule has 1 aliphatic rings. The maximum Gasteiger partial charge on any atom is 0.236 e. The van der Waals surface area contributed by atoms with Gasteiger partial charge in [0, 0.05) is 15.6 Å². The quantitative estimate of drug-likeness (QED) is 0.532. The van der Waals surface area contributed by atoms with Crippen LogP contribution in [0.4, 0.5) is 14.6 Å². The van der Waals surface area contributed by atoms with Crippen LogP contribution >= 0.6 is 22.6 Å². The summed E-state index contributed by atoms with van der Waals surface area (Å²) >= 11 is 1.97. The highest BCUT2D eigenvalue weighted by molar-refractivity contribution is 14.1. The fourth-order valence-corrected chi connectivity index (χ4v) is 4.58. The fraction of sp³-hybridized carbons (Fsp3) is 0.294. The number of sulfonamides is 1. The molecule has 6 nitrogen and oxygen atoms in total. The molecule has 0 bridgehead atoms. The topological polar surface area (TPSA) is 85.1 Å². The Labute approximate surface area is 167 Å². The number of anilines is 1. The van der Waals surface area contributed by atoms with E-state index in [9.17, 15) is 12.8 Å². The largest absolute Gasteiger partial charge is 0.359 e. The van der Waals surface area contributed by atoms with E-state index in [0.717, 1.165) is 0 Å². The van der Waals surface area contributed by atoms with E-state index in [-0.39, 0.29) is 40.2 Å². The average molecular weight is 505 g/mol. The number of hydrogen-bond acceptors (Lipinski definition) is 5. The molecule has 0 unspecified atom stereocenters. The van der Waals surface area contributed by atoms with Crippen molar-refractivity contribution in [2.75, 3.05) is 4.72 Å². The first kappa shape index (κ1) is 18.5. The van der Waals surface area contributed by atoms with Gasteiger partial charge in [-0.15, -0.1) is 0 Å². The molecule has 1 N–H and O–H groups in total. The van der Waals surface area contributed by atoms with Gasteiger partial charge in [0.25, 0.3) is 0 Å². The van der Waals surface area contributed by atoms with Gasteiger partial charge in [-0.2, -0.15) is 0 Å². The van der Waals surface area contributed by atoms with Gasteiger partial charge in [-0.05, 0) is 60.1 Å². The third-order valence-electron chi connectivity index (χ3n) is 4.40. The van der Waals surface area contributed by atoms with Gasteiger partial charge in [-0.1, -0.05) is 11.2 Å². The molecule has 2 aromatic heterocycles. The van der Waals surface area contributed by atoms with E-state index in [1.165, 1.54) is 12.1 Å². The second-order valence-corrected chi connectivity index (χ2v) is 9.65. The lowest BCUT2D eigenvalue weighted by Crippen LogP contribution is -2.20. The first-order valence-electron chi connectivity index (χ1n) is 8.16. The summed E-state index contributed by atoms with van der Waals surface area (Å²) in [6, 6.07) is 4.55. The molecule has 0 spiro atoms. The van der Waals surface area contributed by atoms with Crippen molar-refractivity contribution in [1.29, 1.82) is 0 Å². The standard InChI is InChI=1S/C17H14F2IN3O3S/c1-8-15-16(22-26-8)14(19)12(6-9-2-3-10(20)7-13(9)18)17(21-15)23-27(24,25)11-4-5-11/h2-3,7,11H,4-6H2,1H3,(H,21,23). The number of pyridine rings is 1. The molecule has 10 heteroatoms. The monoisotopic (exact) mass is 505 g/mol. The van der Waals surface area contributed by atoms with Crippen molar-refractivity contribution >= 4 is 49.5 Å². The van der Waals surface area contributed by atoms with E-state index in [1.54, 1.807) is 13.0 Å². The van der Waals surface area contributed by atoms with Crippen LogP contribution in [0.3, 0.4) is 0 Å². The van der Waals surface area contributed by atoms with Crippen LogP contribution in [0.25, 0.3) is 11.0 Å². The van der Waals surface area contributed by atoms with E-state index >= 15 is 4.39 Å². The highest BCUT2D eigenvalue weighted by Gasteiger charge is 2.37. The molecular weight excluding hydrogens is 491 g/mol. The fourth-order valence-electron chi connectivity index (χ4n) is 2.77. The lowest BCUT2D eigenvalue weighted by Gasteiger charge is -2.13. The van der Waals surface area contributed by atoms with Crippen LogP contribution in [0, 0.1) is 22.1 Å². The predicted octanol–water partition coefficient (Wildman–Crippen LogP) is 3.91. The average Bonchev–Trinajstić information content (AvgIpc) is 3.39. The van der Waals surface area contributed by atoms with Gasteiger partial charge in [-0.3, -0.25) is 4.72 Å². The Morgan fingerprint density at radius 3 is 2.70 bits per heavy atom. The van der Waals surface area contributed by atoms with Crippen molar-refractivity contribution < 1.29 is 21.7 Å². The molecular formula is C17H14F2IN3O3S. The maximum absolute atomic E-state index is 15.1. The van der Waals surface area contributed by atoms with Gasteiger partial charge < -0.3 is 4.52 Å². The van der Waals surface area contributed by atoms with Crippen LogP contribution in [0.2, 0.25) is 0 Å². The molecule has 1 saturated carbocycles. The molecule has 0 amide bonds. The van der Waals surface area contributed by atoms with Crippen molar-refractivity contribution in [3.05, 3.63) is 50.3 Å². The number of nitrogens with zero attached hydrogens (tertiary/aromatic N) is 2. The number of benzene rings is 1. The summed E-state index contributed by atoms with van der Waals surface area (Å²) in [5.74, 6) is -1.17. The Morgan fingerprint density at radius 2 is 2.04 bits per heavy atom. The molecule has 0 aliphatic heterocycles. The Hall–Kier alpha value is -1.82. The highest BCUT2D eigenvalue weighted by atomic mass is 127. The van der Waals surface area contributed by atoms with E-state index in [4.69, 9.17) is 4.52 Å². The smallest absolute Gasteiger partial charge is 0.236 e. The number of halogens is 3. The Balaban J connectivity index is 1.85. The van der Waals surface area contributed by atoms with Crippen molar-refractivity contribution in [2.24, 2.45) is 0 Å². The second-order valence-electron chi connectivity index (χ2n) is 6.45. The summed E-state index contributed by atoms with van der Waals surface area (Å²) in [4.78, 5) is 4.22. The van der Waals surface area contributed by atoms with Gasteiger partial charge in [0.15, 0.2) is 17.1 Å². The number of fused-ring (bicyclic) bond motifs is 1. The molecule has 27 heavy (non-hydrogen) atoms. The number of aromatic nitrogens is 2. The van der Waals surface area contributed by atoms with Crippen LogP contribution in [0.5, 0.6) is 0 Å². The van der Waals surface area contributed by atoms with E-state index in [0.29, 0.717) is 16.4 Å². The molecule has 0 atom stereocenters. The van der Waals surface area contributed by atoms with Crippen molar-refractivity contribution in [3.8, 4) is 0 Å². The summed E-state index contributed by atoms with van der Waals surface area (Å²) in [5, 5.41) is 3.15. The van der Waals surface area contributed by atoms with Gasteiger partial charge in [-0.25, -0.2) is 22.2 Å². The zero-order valence-electron chi connectivity index (χ0n) is 14.1. The molecule has 1 aromatic carbocycles. The Morgan fingerprint density at radius 1 is 1.30 bits per heavy atom. The van der Waals surface area contributed by atoms with Crippen LogP contribution in [0.15, 0.2) is 22.7 Å². The van der Waals surface area contributed by atoms with Gasteiger partial charge >= 0.3 is 0 Å². The minimum absolute atomic E-state index is 0.0693. The maximum atomic E-state index is 15.1. The van der Waals surface area contributed by atoms with Gasteiger partial charge in [0.05, 0.1) is 5.25 Å². The second kappa shape index (κ2) is 6.66. The summed E-state index contributed by atoms with van der Waals surface area (Å²) in [6.07, 6.45) is 0.923. The van der Waals surface area contributed by atoms with Crippen LogP contribution in [-0.4, -0.2) is 23.8 Å². The van der Waals surface area contributed by atoms with Gasteiger partial charge in [0.2, 0.25) is 10.0 Å². The normalized spacial score (nSPS) is 14.7. The van der Waals surface area contributed by atoms with Crippen molar-refractivity contribution in [2.45, 2.75) is 31.4 Å². The molecule has 0 saturated heterocycles. The molecule has 3 aromatic rings.